The summed E-state index contributed by atoms with van der Waals surface area (Å²) in [6, 6.07) is 6.10. The maximum Gasteiger partial charge on any atom is 0.259 e. The highest BCUT2D eigenvalue weighted by Crippen LogP contribution is 2.37. The number of pyridine rings is 2. The summed E-state index contributed by atoms with van der Waals surface area (Å²) >= 11 is 0. The molecule has 1 saturated heterocycles. The number of hydrogen-bond acceptors (Lipinski definition) is 7. The molecule has 188 valence electrons. The normalized spacial score (nSPS) is 18.9. The second-order valence-corrected chi connectivity index (χ2v) is 9.97. The number of nitrogens with one attached hydrogen (secondary N) is 2. The molecule has 10 nitrogen and oxygen atoms in total. The van der Waals surface area contributed by atoms with Crippen molar-refractivity contribution in [1.82, 2.24) is 29.5 Å². The van der Waals surface area contributed by atoms with E-state index in [4.69, 9.17) is 0 Å². The van der Waals surface area contributed by atoms with E-state index in [0.717, 1.165) is 29.4 Å². The molecular formula is C27H28N8O2. The number of fused-ring (bicyclic) bond motifs is 3. The van der Waals surface area contributed by atoms with E-state index in [1.807, 2.05) is 26.0 Å². The predicted molar refractivity (Wildman–Crippen MR) is 139 cm³/mol. The number of aryl methyl sites for hydroxylation is 2. The van der Waals surface area contributed by atoms with Crippen LogP contribution in [-0.2, 0) is 4.79 Å². The van der Waals surface area contributed by atoms with Crippen LogP contribution in [0.3, 0.4) is 0 Å². The number of likely N-dealkylation sites (tertiary alicyclic amines) is 1. The average molecular weight is 497 g/mol. The minimum atomic E-state index is -0.328. The lowest BCUT2D eigenvalue weighted by atomic mass is 10.1. The van der Waals surface area contributed by atoms with E-state index in [2.05, 4.69) is 35.6 Å². The van der Waals surface area contributed by atoms with Gasteiger partial charge in [0.05, 0.1) is 65.2 Å². The third-order valence-electron chi connectivity index (χ3n) is 7.33. The smallest absolute Gasteiger partial charge is 0.259 e. The largest absolute Gasteiger partial charge is 0.324 e. The summed E-state index contributed by atoms with van der Waals surface area (Å²) in [7, 11) is 0. The van der Waals surface area contributed by atoms with E-state index in [9.17, 15) is 9.59 Å². The van der Waals surface area contributed by atoms with E-state index < -0.39 is 0 Å². The standard InChI is InChI=1S/C27H28N8O2/c1-16-7-19(5-6-28-16)24-14-35-25(12-30-24)22(11-31-35)27(37)33-23-9-20(10-29-17(23)2)32-26(36)15-34-13-18-3-4-21(34)8-18/h5-7,9-12,14,18,21H,3-4,8,13,15H2,1-2H3,(H,32,36)(H,33,37). The highest BCUT2D eigenvalue weighted by atomic mass is 16.2. The number of anilines is 2. The highest BCUT2D eigenvalue weighted by Gasteiger charge is 2.38. The number of carbonyl (C=O) groups excluding carboxylic acids is 2. The number of aromatic nitrogens is 5. The lowest BCUT2D eigenvalue weighted by Gasteiger charge is -2.25. The lowest BCUT2D eigenvalue weighted by molar-refractivity contribution is -0.117. The van der Waals surface area contributed by atoms with Crippen LogP contribution in [0.1, 0.15) is 41.0 Å². The zero-order valence-corrected chi connectivity index (χ0v) is 20.8. The van der Waals surface area contributed by atoms with Crippen molar-refractivity contribution < 1.29 is 9.59 Å². The molecule has 2 atom stereocenters. The van der Waals surface area contributed by atoms with Gasteiger partial charge in [0, 0.05) is 30.0 Å². The van der Waals surface area contributed by atoms with Crippen LogP contribution in [0.4, 0.5) is 11.4 Å². The van der Waals surface area contributed by atoms with Crippen LogP contribution in [0.15, 0.2) is 49.2 Å². The molecule has 1 aliphatic heterocycles. The van der Waals surface area contributed by atoms with Gasteiger partial charge in [-0.1, -0.05) is 0 Å². The lowest BCUT2D eigenvalue weighted by Crippen LogP contribution is -2.38. The summed E-state index contributed by atoms with van der Waals surface area (Å²) in [6.07, 6.45) is 12.0. The van der Waals surface area contributed by atoms with Crippen LogP contribution in [-0.4, -0.2) is 60.4 Å². The van der Waals surface area contributed by atoms with Gasteiger partial charge in [-0.2, -0.15) is 5.10 Å². The zero-order valence-electron chi connectivity index (χ0n) is 20.8. The third-order valence-corrected chi connectivity index (χ3v) is 7.33. The van der Waals surface area contributed by atoms with E-state index in [1.54, 1.807) is 35.4 Å². The molecule has 0 aromatic carbocycles. The third kappa shape index (κ3) is 4.67. The summed E-state index contributed by atoms with van der Waals surface area (Å²) in [5, 5.41) is 10.2. The molecule has 2 N–H and O–H groups in total. The monoisotopic (exact) mass is 496 g/mol. The molecule has 5 heterocycles. The molecule has 4 aromatic heterocycles. The summed E-state index contributed by atoms with van der Waals surface area (Å²) in [6.45, 7) is 5.12. The topological polar surface area (TPSA) is 117 Å². The number of hydrogen-bond donors (Lipinski definition) is 2. The molecule has 2 bridgehead atoms. The fourth-order valence-corrected chi connectivity index (χ4v) is 5.44. The number of carbonyl (C=O) groups is 2. The Labute approximate surface area is 214 Å². The van der Waals surface area contributed by atoms with Gasteiger partial charge in [0.25, 0.3) is 5.91 Å². The van der Waals surface area contributed by atoms with Gasteiger partial charge in [0.15, 0.2) is 0 Å². The Morgan fingerprint density at radius 2 is 1.95 bits per heavy atom. The Morgan fingerprint density at radius 1 is 1.05 bits per heavy atom. The summed E-state index contributed by atoms with van der Waals surface area (Å²) in [4.78, 5) is 41.2. The summed E-state index contributed by atoms with van der Waals surface area (Å²) in [5.41, 5.74) is 5.25. The van der Waals surface area contributed by atoms with Gasteiger partial charge in [-0.15, -0.1) is 0 Å². The van der Waals surface area contributed by atoms with Gasteiger partial charge in [-0.3, -0.25) is 29.4 Å². The Morgan fingerprint density at radius 3 is 2.73 bits per heavy atom. The second-order valence-electron chi connectivity index (χ2n) is 9.97. The Kier molecular flexibility index (Phi) is 5.88. The first kappa shape index (κ1) is 23.2. The van der Waals surface area contributed by atoms with E-state index in [1.165, 1.54) is 25.5 Å². The van der Waals surface area contributed by atoms with Gasteiger partial charge in [-0.05, 0) is 57.2 Å². The number of piperidine rings is 1. The first-order chi connectivity index (χ1) is 17.9. The van der Waals surface area contributed by atoms with Crippen molar-refractivity contribution in [3.05, 3.63) is 66.1 Å². The maximum absolute atomic E-state index is 13.2. The van der Waals surface area contributed by atoms with E-state index >= 15 is 0 Å². The van der Waals surface area contributed by atoms with Gasteiger partial charge >= 0.3 is 0 Å². The first-order valence-corrected chi connectivity index (χ1v) is 12.5. The fraction of sp³-hybridized carbons (Fsp3) is 0.333. The van der Waals surface area contributed by atoms with Crippen LogP contribution in [0, 0.1) is 19.8 Å². The van der Waals surface area contributed by atoms with E-state index in [-0.39, 0.29) is 11.8 Å². The molecule has 6 rings (SSSR count). The zero-order chi connectivity index (χ0) is 25.5. The molecular weight excluding hydrogens is 468 g/mol. The van der Waals surface area contributed by atoms with Crippen molar-refractivity contribution in [2.45, 2.75) is 39.2 Å². The van der Waals surface area contributed by atoms with Crippen molar-refractivity contribution in [2.75, 3.05) is 23.7 Å². The van der Waals surface area contributed by atoms with Crippen molar-refractivity contribution in [3.63, 3.8) is 0 Å². The number of nitrogens with zero attached hydrogens (tertiary/aromatic N) is 6. The maximum atomic E-state index is 13.2. The van der Waals surface area contributed by atoms with Crippen LogP contribution < -0.4 is 10.6 Å². The average Bonchev–Trinajstić information content (AvgIpc) is 3.61. The molecule has 0 spiro atoms. The van der Waals surface area contributed by atoms with Crippen LogP contribution in [0.5, 0.6) is 0 Å². The fourth-order valence-electron chi connectivity index (χ4n) is 5.44. The molecule has 1 saturated carbocycles. The number of amides is 2. The number of rotatable bonds is 6. The Balaban J connectivity index is 1.16. The van der Waals surface area contributed by atoms with Gasteiger partial charge in [-0.25, -0.2) is 4.52 Å². The van der Waals surface area contributed by atoms with Crippen molar-refractivity contribution in [3.8, 4) is 11.3 Å². The van der Waals surface area contributed by atoms with Crippen LogP contribution >= 0.6 is 0 Å². The molecule has 10 heteroatoms. The Hall–Kier alpha value is -4.18. The minimum Gasteiger partial charge on any atom is -0.324 e. The highest BCUT2D eigenvalue weighted by molar-refractivity contribution is 6.09. The predicted octanol–water partition coefficient (Wildman–Crippen LogP) is 3.48. The summed E-state index contributed by atoms with van der Waals surface area (Å²) < 4.78 is 1.64. The van der Waals surface area contributed by atoms with Crippen LogP contribution in [0.25, 0.3) is 16.8 Å². The molecule has 2 unspecified atom stereocenters. The van der Waals surface area contributed by atoms with Gasteiger partial charge in [0.2, 0.25) is 5.91 Å². The Bertz CT molecular complexity index is 1510. The first-order valence-electron chi connectivity index (χ1n) is 12.5. The molecule has 2 fully saturated rings. The van der Waals surface area contributed by atoms with Crippen molar-refractivity contribution in [2.24, 2.45) is 5.92 Å². The minimum absolute atomic E-state index is 0.0654. The molecule has 4 aromatic rings. The van der Waals surface area contributed by atoms with Crippen LogP contribution in [0.2, 0.25) is 0 Å². The molecule has 2 aliphatic rings. The van der Waals surface area contributed by atoms with Gasteiger partial charge in [0.1, 0.15) is 0 Å². The van der Waals surface area contributed by atoms with E-state index in [0.29, 0.717) is 40.7 Å². The quantitative estimate of drug-likeness (QED) is 0.420. The van der Waals surface area contributed by atoms with Crippen molar-refractivity contribution in [1.29, 1.82) is 0 Å². The molecule has 37 heavy (non-hydrogen) atoms. The SMILES string of the molecule is Cc1cc(-c2cn3ncc(C(=O)Nc4cc(NC(=O)CN5CC6CCC5C6)cnc4C)c3cn2)ccn1. The summed E-state index contributed by atoms with van der Waals surface area (Å²) in [5.74, 6) is 0.345. The molecule has 1 aliphatic carbocycles. The van der Waals surface area contributed by atoms with Gasteiger partial charge < -0.3 is 10.6 Å². The van der Waals surface area contributed by atoms with Crippen molar-refractivity contribution >= 4 is 28.7 Å². The molecule has 0 radical (unpaired) electrons. The molecule has 2 amide bonds. The second kappa shape index (κ2) is 9.36.